The number of aldehydes is 1. The topological polar surface area (TPSA) is 37.4 Å². The molecule has 0 unspecified atom stereocenters. The van der Waals surface area contributed by atoms with Crippen molar-refractivity contribution in [1.29, 1.82) is 0 Å². The number of hydrogen-bond acceptors (Lipinski definition) is 2. The minimum atomic E-state index is 0.170. The molecule has 0 bridgehead atoms. The summed E-state index contributed by atoms with van der Waals surface area (Å²) in [6.07, 6.45) is 6.87. The Kier molecular flexibility index (Phi) is 3.67. The van der Waals surface area contributed by atoms with E-state index in [2.05, 4.69) is 15.9 Å². The molecule has 2 saturated carbocycles. The summed E-state index contributed by atoms with van der Waals surface area (Å²) < 4.78 is 0.757. The molecule has 20 heavy (non-hydrogen) atoms. The van der Waals surface area contributed by atoms with Gasteiger partial charge < -0.3 is 4.90 Å². The lowest BCUT2D eigenvalue weighted by atomic mass is 10.1. The summed E-state index contributed by atoms with van der Waals surface area (Å²) in [4.78, 5) is 25.9. The summed E-state index contributed by atoms with van der Waals surface area (Å²) in [5, 5.41) is 0. The number of amides is 1. The van der Waals surface area contributed by atoms with Crippen LogP contribution in [-0.2, 0) is 4.79 Å². The van der Waals surface area contributed by atoms with Crippen molar-refractivity contribution >= 4 is 33.8 Å². The van der Waals surface area contributed by atoms with Crippen LogP contribution in [-0.4, -0.2) is 18.2 Å². The molecular formula is C16H17BrNO2. The van der Waals surface area contributed by atoms with Gasteiger partial charge in [-0.1, -0.05) is 6.92 Å². The van der Waals surface area contributed by atoms with E-state index < -0.39 is 0 Å². The molecule has 1 aromatic carbocycles. The average Bonchev–Trinajstić information content (AvgIpc) is 3.28. The molecule has 0 heterocycles. The second-order valence-corrected chi connectivity index (χ2v) is 6.41. The minimum Gasteiger partial charge on any atom is -0.308 e. The summed E-state index contributed by atoms with van der Waals surface area (Å²) in [5.74, 6) is 0.360. The third-order valence-corrected chi connectivity index (χ3v) is 4.57. The molecule has 1 aromatic rings. The normalized spacial score (nSPS) is 17.9. The number of carbonyl (C=O) groups excluding carboxylic acids is 2. The number of rotatable bonds is 5. The predicted molar refractivity (Wildman–Crippen MR) is 81.8 cm³/mol. The molecule has 1 radical (unpaired) electrons. The average molecular weight is 335 g/mol. The van der Waals surface area contributed by atoms with Gasteiger partial charge in [-0.3, -0.25) is 9.59 Å². The van der Waals surface area contributed by atoms with Gasteiger partial charge in [0.15, 0.2) is 6.29 Å². The summed E-state index contributed by atoms with van der Waals surface area (Å²) in [7, 11) is 0. The van der Waals surface area contributed by atoms with E-state index >= 15 is 0 Å². The van der Waals surface area contributed by atoms with Crippen LogP contribution >= 0.6 is 15.9 Å². The van der Waals surface area contributed by atoms with E-state index in [1.54, 1.807) is 0 Å². The Morgan fingerprint density at radius 1 is 1.30 bits per heavy atom. The Bertz CT molecular complexity index is 562. The van der Waals surface area contributed by atoms with Gasteiger partial charge in [-0.25, -0.2) is 0 Å². The van der Waals surface area contributed by atoms with Crippen molar-refractivity contribution < 1.29 is 9.59 Å². The SMILES string of the molecule is C[CH]c1cc(Br)c(C=O)c(N(C(=O)C2CC2)C2CC2)c1. The maximum Gasteiger partial charge on any atom is 0.230 e. The standard InChI is InChI=1S/C16H17BrNO2/c1-2-10-7-14(17)13(9-19)15(8-10)18(12-5-6-12)16(20)11-3-4-11/h2,7-9,11-12H,3-6H2,1H3. The Balaban J connectivity index is 2.06. The van der Waals surface area contributed by atoms with E-state index in [9.17, 15) is 9.59 Å². The van der Waals surface area contributed by atoms with E-state index in [1.165, 1.54) is 0 Å². The quantitative estimate of drug-likeness (QED) is 0.769. The van der Waals surface area contributed by atoms with Gasteiger partial charge in [-0.2, -0.15) is 0 Å². The Morgan fingerprint density at radius 3 is 2.50 bits per heavy atom. The first-order chi connectivity index (χ1) is 9.65. The van der Waals surface area contributed by atoms with Gasteiger partial charge in [0.2, 0.25) is 5.91 Å². The van der Waals surface area contributed by atoms with Crippen LogP contribution in [0.25, 0.3) is 0 Å². The van der Waals surface area contributed by atoms with Crippen molar-refractivity contribution in [3.8, 4) is 0 Å². The van der Waals surface area contributed by atoms with Crippen LogP contribution < -0.4 is 4.90 Å². The predicted octanol–water partition coefficient (Wildman–Crippen LogP) is 3.74. The first-order valence-corrected chi connectivity index (χ1v) is 7.86. The Labute approximate surface area is 127 Å². The van der Waals surface area contributed by atoms with Crippen LogP contribution in [0.1, 0.15) is 48.5 Å². The fraction of sp³-hybridized carbons (Fsp3) is 0.438. The van der Waals surface area contributed by atoms with Gasteiger partial charge in [0, 0.05) is 16.4 Å². The van der Waals surface area contributed by atoms with Gasteiger partial charge in [0.1, 0.15) is 0 Å². The van der Waals surface area contributed by atoms with E-state index in [-0.39, 0.29) is 17.9 Å². The molecule has 3 nitrogen and oxygen atoms in total. The van der Waals surface area contributed by atoms with Gasteiger partial charge >= 0.3 is 0 Å². The third kappa shape index (κ3) is 2.53. The highest BCUT2D eigenvalue weighted by Crippen LogP contribution is 2.41. The molecule has 2 aliphatic rings. The molecule has 2 aliphatic carbocycles. The van der Waals surface area contributed by atoms with Crippen LogP contribution in [0.5, 0.6) is 0 Å². The second-order valence-electron chi connectivity index (χ2n) is 5.56. The van der Waals surface area contributed by atoms with Crippen molar-refractivity contribution in [1.82, 2.24) is 0 Å². The molecule has 0 saturated heterocycles. The van der Waals surface area contributed by atoms with E-state index in [4.69, 9.17) is 0 Å². The van der Waals surface area contributed by atoms with Crippen LogP contribution in [0.15, 0.2) is 16.6 Å². The highest BCUT2D eigenvalue weighted by atomic mass is 79.9. The minimum absolute atomic E-state index is 0.170. The Hall–Kier alpha value is -1.16. The molecule has 2 fully saturated rings. The fourth-order valence-corrected chi connectivity index (χ4v) is 3.02. The van der Waals surface area contributed by atoms with Gasteiger partial charge in [0.25, 0.3) is 0 Å². The van der Waals surface area contributed by atoms with Crippen LogP contribution in [0.2, 0.25) is 0 Å². The van der Waals surface area contributed by atoms with E-state index in [0.29, 0.717) is 5.56 Å². The Morgan fingerprint density at radius 2 is 2.00 bits per heavy atom. The number of halogens is 1. The van der Waals surface area contributed by atoms with Crippen molar-refractivity contribution in [3.05, 3.63) is 34.2 Å². The van der Waals surface area contributed by atoms with Crippen LogP contribution in [0.4, 0.5) is 5.69 Å². The maximum atomic E-state index is 12.6. The third-order valence-electron chi connectivity index (χ3n) is 3.92. The molecule has 0 atom stereocenters. The largest absolute Gasteiger partial charge is 0.308 e. The number of nitrogens with zero attached hydrogens (tertiary/aromatic N) is 1. The highest BCUT2D eigenvalue weighted by Gasteiger charge is 2.41. The molecule has 4 heteroatoms. The van der Waals surface area contributed by atoms with E-state index in [0.717, 1.165) is 47.7 Å². The van der Waals surface area contributed by atoms with Crippen molar-refractivity contribution in [2.24, 2.45) is 5.92 Å². The zero-order valence-corrected chi connectivity index (χ0v) is 13.0. The smallest absolute Gasteiger partial charge is 0.230 e. The lowest BCUT2D eigenvalue weighted by Gasteiger charge is -2.25. The van der Waals surface area contributed by atoms with Gasteiger partial charge in [-0.05, 0) is 65.7 Å². The molecule has 0 spiro atoms. The van der Waals surface area contributed by atoms with Crippen molar-refractivity contribution in [2.75, 3.05) is 4.90 Å². The number of carbonyl (C=O) groups is 2. The fourth-order valence-electron chi connectivity index (χ4n) is 2.46. The van der Waals surface area contributed by atoms with E-state index in [1.807, 2.05) is 30.4 Å². The zero-order chi connectivity index (χ0) is 14.3. The molecule has 0 aliphatic heterocycles. The zero-order valence-electron chi connectivity index (χ0n) is 11.4. The first-order valence-electron chi connectivity index (χ1n) is 7.07. The van der Waals surface area contributed by atoms with Crippen LogP contribution in [0.3, 0.4) is 0 Å². The number of anilines is 1. The molecule has 3 rings (SSSR count). The van der Waals surface area contributed by atoms with Gasteiger partial charge in [0.05, 0.1) is 11.3 Å². The monoisotopic (exact) mass is 334 g/mol. The molecule has 0 aromatic heterocycles. The number of hydrogen-bond donors (Lipinski definition) is 0. The first kappa shape index (κ1) is 13.8. The number of benzene rings is 1. The second kappa shape index (κ2) is 5.32. The van der Waals surface area contributed by atoms with Crippen molar-refractivity contribution in [2.45, 2.75) is 38.6 Å². The maximum absolute atomic E-state index is 12.6. The molecule has 105 valence electrons. The van der Waals surface area contributed by atoms with Gasteiger partial charge in [-0.15, -0.1) is 0 Å². The molecular weight excluding hydrogens is 318 g/mol. The molecule has 1 amide bonds. The van der Waals surface area contributed by atoms with Crippen LogP contribution in [0, 0.1) is 12.3 Å². The summed E-state index contributed by atoms with van der Waals surface area (Å²) in [6, 6.07) is 4.15. The summed E-state index contributed by atoms with van der Waals surface area (Å²) >= 11 is 3.45. The highest BCUT2D eigenvalue weighted by molar-refractivity contribution is 9.10. The lowest BCUT2D eigenvalue weighted by molar-refractivity contribution is -0.119. The summed E-state index contributed by atoms with van der Waals surface area (Å²) in [6.45, 7) is 1.95. The molecule has 0 N–H and O–H groups in total. The summed E-state index contributed by atoms with van der Waals surface area (Å²) in [5.41, 5.74) is 2.37. The lowest BCUT2D eigenvalue weighted by Crippen LogP contribution is -2.35. The van der Waals surface area contributed by atoms with Crippen molar-refractivity contribution in [3.63, 3.8) is 0 Å².